The van der Waals surface area contributed by atoms with Gasteiger partial charge in [-0.25, -0.2) is 23.4 Å². The van der Waals surface area contributed by atoms with Gasteiger partial charge in [0.2, 0.25) is 5.69 Å². The molecular weight excluding hydrogens is 598 g/mol. The quantitative estimate of drug-likeness (QED) is 0.139. The van der Waals surface area contributed by atoms with Gasteiger partial charge in [-0.05, 0) is 18.2 Å². The summed E-state index contributed by atoms with van der Waals surface area (Å²) in [5, 5.41) is 31.4. The van der Waals surface area contributed by atoms with Crippen molar-refractivity contribution < 1.29 is 35.8 Å². The van der Waals surface area contributed by atoms with E-state index < -0.39 is 36.9 Å². The van der Waals surface area contributed by atoms with Crippen molar-refractivity contribution in [2.75, 3.05) is 6.61 Å². The molecule has 0 saturated heterocycles. The fourth-order valence-corrected chi connectivity index (χ4v) is 4.32. The van der Waals surface area contributed by atoms with Crippen molar-refractivity contribution in [1.82, 2.24) is 44.8 Å². The van der Waals surface area contributed by atoms with Crippen LogP contribution < -0.4 is 4.73 Å². The Morgan fingerprint density at radius 1 is 1.10 bits per heavy atom. The van der Waals surface area contributed by atoms with Crippen molar-refractivity contribution in [3.05, 3.63) is 76.6 Å². The lowest BCUT2D eigenvalue weighted by atomic mass is 10.0. The second-order valence-electron chi connectivity index (χ2n) is 8.70. The average molecular weight is 615 g/mol. The predicted molar refractivity (Wildman–Crippen MR) is 130 cm³/mol. The maximum absolute atomic E-state index is 15.3. The lowest BCUT2D eigenvalue weighted by molar-refractivity contribution is -0.615. The maximum Gasteiger partial charge on any atom is 0.436 e. The third-order valence-corrected chi connectivity index (χ3v) is 6.38. The molecule has 0 aliphatic heterocycles. The van der Waals surface area contributed by atoms with Gasteiger partial charge in [0.15, 0.2) is 23.5 Å². The van der Waals surface area contributed by atoms with E-state index in [9.17, 15) is 27.2 Å². The van der Waals surface area contributed by atoms with E-state index in [1.807, 2.05) is 0 Å². The molecule has 42 heavy (non-hydrogen) atoms. The van der Waals surface area contributed by atoms with Gasteiger partial charge >= 0.3 is 12.8 Å². The van der Waals surface area contributed by atoms with E-state index in [1.54, 1.807) is 7.05 Å². The molecule has 1 unspecified atom stereocenters. The minimum Gasteiger partial charge on any atom is -0.618 e. The first-order valence-corrected chi connectivity index (χ1v) is 12.2. The van der Waals surface area contributed by atoms with Gasteiger partial charge in [-0.3, -0.25) is 0 Å². The fourth-order valence-electron chi connectivity index (χ4n) is 4.16. The van der Waals surface area contributed by atoms with Crippen LogP contribution in [0.1, 0.15) is 23.9 Å². The molecule has 0 saturated carbocycles. The van der Waals surface area contributed by atoms with Gasteiger partial charge < -0.3 is 9.94 Å². The van der Waals surface area contributed by atoms with Crippen molar-refractivity contribution in [3.8, 4) is 28.3 Å². The summed E-state index contributed by atoms with van der Waals surface area (Å²) >= 11 is 5.95. The highest BCUT2D eigenvalue weighted by Crippen LogP contribution is 2.35. The molecule has 0 radical (unpaired) electrons. The number of rotatable bonds is 9. The predicted octanol–water partition coefficient (Wildman–Crippen LogP) is 3.98. The molecule has 12 nitrogen and oxygen atoms in total. The van der Waals surface area contributed by atoms with Crippen molar-refractivity contribution in [2.24, 2.45) is 7.05 Å². The van der Waals surface area contributed by atoms with Gasteiger partial charge in [0.1, 0.15) is 18.1 Å². The smallest absolute Gasteiger partial charge is 0.436 e. The van der Waals surface area contributed by atoms with Crippen LogP contribution in [0.4, 0.5) is 26.3 Å². The van der Waals surface area contributed by atoms with E-state index in [0.717, 1.165) is 12.3 Å². The molecule has 220 valence electrons. The third-order valence-electron chi connectivity index (χ3n) is 6.08. The lowest BCUT2D eigenvalue weighted by Crippen LogP contribution is -2.36. The molecule has 4 aromatic heterocycles. The van der Waals surface area contributed by atoms with E-state index >= 15 is 4.39 Å². The molecule has 4 heterocycles. The first-order valence-electron chi connectivity index (χ1n) is 11.8. The van der Waals surface area contributed by atoms with Crippen LogP contribution in [0.25, 0.3) is 28.3 Å². The summed E-state index contributed by atoms with van der Waals surface area (Å²) in [5.74, 6) is -0.683. The van der Waals surface area contributed by atoms with Gasteiger partial charge in [-0.15, -0.1) is 10.2 Å². The number of nitrogens with zero attached hydrogens (tertiary/aromatic N) is 10. The molecule has 5 aromatic rings. The molecule has 0 bridgehead atoms. The van der Waals surface area contributed by atoms with E-state index in [4.69, 9.17) is 11.6 Å². The monoisotopic (exact) mass is 614 g/mol. The Kier molecular flexibility index (Phi) is 7.83. The second-order valence-corrected chi connectivity index (χ2v) is 9.10. The molecule has 1 aromatic carbocycles. The standard InChI is InChI=1S/C23H17ClF6N10O2/c1-37-21(31-11-32-37)14-9-38(35-33-14)15(6-7-42-22(26)27)16-4-2-12(8-40(16)41)19-17(5-3-13(24)20(19)25)39-10-18(34-36-39)23(28,29)30/h2-5,8-11,15,22H,6-7H2,1H3. The highest BCUT2D eigenvalue weighted by molar-refractivity contribution is 6.31. The number of pyridine rings is 1. The number of halogens is 7. The van der Waals surface area contributed by atoms with Crippen LogP contribution in [0.15, 0.2) is 49.2 Å². The van der Waals surface area contributed by atoms with Gasteiger partial charge in [0.05, 0.1) is 40.8 Å². The van der Waals surface area contributed by atoms with Crippen LogP contribution >= 0.6 is 11.6 Å². The van der Waals surface area contributed by atoms with E-state index in [0.29, 0.717) is 21.4 Å². The van der Waals surface area contributed by atoms with E-state index in [2.05, 4.69) is 35.4 Å². The van der Waals surface area contributed by atoms with Crippen LogP contribution in [-0.2, 0) is 18.0 Å². The molecule has 0 aliphatic rings. The van der Waals surface area contributed by atoms with Crippen LogP contribution in [0.2, 0.25) is 5.02 Å². The molecule has 1 atom stereocenters. The summed E-state index contributed by atoms with van der Waals surface area (Å²) in [6, 6.07) is 3.93. The normalized spacial score (nSPS) is 12.8. The van der Waals surface area contributed by atoms with Gasteiger partial charge in [-0.1, -0.05) is 22.0 Å². The number of hydrogen-bond donors (Lipinski definition) is 0. The number of ether oxygens (including phenoxy) is 1. The molecule has 0 spiro atoms. The Balaban J connectivity index is 1.55. The lowest BCUT2D eigenvalue weighted by Gasteiger charge is -2.18. The number of aromatic nitrogens is 10. The van der Waals surface area contributed by atoms with Crippen LogP contribution in [0, 0.1) is 11.0 Å². The van der Waals surface area contributed by atoms with Crippen molar-refractivity contribution in [3.63, 3.8) is 0 Å². The first kappa shape index (κ1) is 28.9. The largest absolute Gasteiger partial charge is 0.618 e. The molecular formula is C23H17ClF6N10O2. The Labute approximate surface area is 236 Å². The minimum absolute atomic E-state index is 0.0184. The Bertz CT molecular complexity index is 1720. The number of aryl methyl sites for hydroxylation is 1. The van der Waals surface area contributed by atoms with Gasteiger partial charge in [-0.2, -0.15) is 31.8 Å². The van der Waals surface area contributed by atoms with Crippen LogP contribution in [0.5, 0.6) is 0 Å². The summed E-state index contributed by atoms with van der Waals surface area (Å²) < 4.78 is 88.1. The highest BCUT2D eigenvalue weighted by Gasteiger charge is 2.35. The molecule has 0 amide bonds. The Morgan fingerprint density at radius 2 is 1.88 bits per heavy atom. The number of hydrogen-bond acceptors (Lipinski definition) is 8. The zero-order valence-electron chi connectivity index (χ0n) is 21.1. The first-order chi connectivity index (χ1) is 19.9. The summed E-state index contributed by atoms with van der Waals surface area (Å²) in [4.78, 5) is 4.07. The molecule has 5 rings (SSSR count). The Morgan fingerprint density at radius 3 is 2.52 bits per heavy atom. The SMILES string of the molecule is Cn1ncnc1-c1cn(C(CCOC(F)F)c2ccc(-c3c(-n4cc(C(F)(F)F)nn4)ccc(Cl)c3F)c[n+]2[O-])nn1. The summed E-state index contributed by atoms with van der Waals surface area (Å²) in [6.45, 7) is -3.53. The second kappa shape index (κ2) is 11.4. The van der Waals surface area contributed by atoms with E-state index in [-0.39, 0.29) is 39.6 Å². The molecule has 19 heteroatoms. The van der Waals surface area contributed by atoms with Crippen molar-refractivity contribution in [1.29, 1.82) is 0 Å². The van der Waals surface area contributed by atoms with Crippen LogP contribution in [-0.4, -0.2) is 58.0 Å². The average Bonchev–Trinajstić information content (AvgIpc) is 3.69. The topological polar surface area (TPSA) is 128 Å². The zero-order valence-corrected chi connectivity index (χ0v) is 21.9. The molecule has 0 N–H and O–H groups in total. The highest BCUT2D eigenvalue weighted by atomic mass is 35.5. The third kappa shape index (κ3) is 5.75. The Hall–Kier alpha value is -4.58. The summed E-state index contributed by atoms with van der Waals surface area (Å²) in [5.41, 5.74) is -1.65. The van der Waals surface area contributed by atoms with Crippen molar-refractivity contribution >= 4 is 11.6 Å². The zero-order chi connectivity index (χ0) is 30.2. The van der Waals surface area contributed by atoms with Crippen LogP contribution in [0.3, 0.4) is 0 Å². The summed E-state index contributed by atoms with van der Waals surface area (Å²) in [7, 11) is 1.62. The number of alkyl halides is 5. The molecule has 0 aliphatic carbocycles. The summed E-state index contributed by atoms with van der Waals surface area (Å²) in [6.07, 6.45) is -0.716. The van der Waals surface area contributed by atoms with Gasteiger partial charge in [0, 0.05) is 19.5 Å². The maximum atomic E-state index is 15.3. The minimum atomic E-state index is -4.81. The van der Waals surface area contributed by atoms with Crippen molar-refractivity contribution in [2.45, 2.75) is 25.3 Å². The van der Waals surface area contributed by atoms with E-state index in [1.165, 1.54) is 40.1 Å². The van der Waals surface area contributed by atoms with Gasteiger partial charge in [0.25, 0.3) is 0 Å². The fraction of sp³-hybridized carbons (Fsp3) is 0.261. The molecule has 0 fully saturated rings. The number of benzene rings is 1.